The minimum Gasteiger partial charge on any atom is -0.466 e. The number of esters is 1. The van der Waals surface area contributed by atoms with Crippen molar-refractivity contribution in [2.75, 3.05) is 6.61 Å². The Bertz CT molecular complexity index is 208. The first kappa shape index (κ1) is 9.23. The second-order valence-electron chi connectivity index (χ2n) is 3.89. The number of hydrogen-bond acceptors (Lipinski definition) is 3. The quantitative estimate of drug-likeness (QED) is 0.469. The van der Waals surface area contributed by atoms with Crippen LogP contribution in [0, 0.1) is 17.3 Å². The molecule has 0 unspecified atom stereocenters. The molecule has 68 valence electrons. The normalized spacial score (nSPS) is 30.9. The van der Waals surface area contributed by atoms with E-state index in [0.717, 1.165) is 6.29 Å². The van der Waals surface area contributed by atoms with Gasteiger partial charge in [0.1, 0.15) is 6.29 Å². The summed E-state index contributed by atoms with van der Waals surface area (Å²) in [6.07, 6.45) is 0.953. The molecule has 3 heteroatoms. The summed E-state index contributed by atoms with van der Waals surface area (Å²) < 4.78 is 4.84. The van der Waals surface area contributed by atoms with Crippen LogP contribution in [0.3, 0.4) is 0 Å². The van der Waals surface area contributed by atoms with E-state index >= 15 is 0 Å². The zero-order valence-corrected chi connectivity index (χ0v) is 7.66. The van der Waals surface area contributed by atoms with Crippen LogP contribution in [-0.4, -0.2) is 18.9 Å². The van der Waals surface area contributed by atoms with E-state index in [9.17, 15) is 9.59 Å². The van der Waals surface area contributed by atoms with Crippen LogP contribution in [0.4, 0.5) is 0 Å². The number of ether oxygens (including phenoxy) is 1. The van der Waals surface area contributed by atoms with Gasteiger partial charge in [-0.05, 0) is 5.41 Å². The molecule has 1 rings (SSSR count). The van der Waals surface area contributed by atoms with E-state index in [4.69, 9.17) is 4.74 Å². The van der Waals surface area contributed by atoms with Gasteiger partial charge < -0.3 is 9.53 Å². The van der Waals surface area contributed by atoms with Crippen LogP contribution in [0.25, 0.3) is 0 Å². The van der Waals surface area contributed by atoms with Crippen LogP contribution in [0.1, 0.15) is 20.8 Å². The summed E-state index contributed by atoms with van der Waals surface area (Å²) in [4.78, 5) is 21.0. The summed E-state index contributed by atoms with van der Waals surface area (Å²) in [6.45, 7) is 5.79. The fourth-order valence-corrected chi connectivity index (χ4v) is 1.58. The Morgan fingerprint density at radius 2 is 2.17 bits per heavy atom. The number of aldehydes is 1. The van der Waals surface area contributed by atoms with Crippen molar-refractivity contribution in [2.24, 2.45) is 17.3 Å². The highest BCUT2D eigenvalue weighted by molar-refractivity contribution is 5.66. The average Bonchev–Trinajstić information content (AvgIpc) is 2.48. The van der Waals surface area contributed by atoms with E-state index in [0.29, 0.717) is 6.61 Å². The molecule has 1 saturated carbocycles. The van der Waals surface area contributed by atoms with Crippen LogP contribution in [-0.2, 0) is 14.3 Å². The van der Waals surface area contributed by atoms with Gasteiger partial charge in [-0.2, -0.15) is 0 Å². The van der Waals surface area contributed by atoms with E-state index in [2.05, 4.69) is 0 Å². The molecule has 0 saturated heterocycles. The second-order valence-corrected chi connectivity index (χ2v) is 3.89. The standard InChI is InChI=1S/C9H14O3/c1-6(11)12-5-8-7(4-10)9(8,2)3/h4,7-8H,5H2,1-3H3/t7-,8+/m1/s1. The Balaban J connectivity index is 2.37. The van der Waals surface area contributed by atoms with Gasteiger partial charge in [0.15, 0.2) is 0 Å². The van der Waals surface area contributed by atoms with Crippen molar-refractivity contribution >= 4 is 12.3 Å². The van der Waals surface area contributed by atoms with E-state index < -0.39 is 0 Å². The lowest BCUT2D eigenvalue weighted by Crippen LogP contribution is -2.05. The van der Waals surface area contributed by atoms with Gasteiger partial charge in [0, 0.05) is 18.8 Å². The number of hydrogen-bond donors (Lipinski definition) is 0. The number of carbonyl (C=O) groups is 2. The van der Waals surface area contributed by atoms with E-state index in [1.165, 1.54) is 6.92 Å². The summed E-state index contributed by atoms with van der Waals surface area (Å²) in [6, 6.07) is 0. The first-order chi connectivity index (χ1) is 5.50. The van der Waals surface area contributed by atoms with Crippen molar-refractivity contribution in [3.05, 3.63) is 0 Å². The Morgan fingerprint density at radius 1 is 1.58 bits per heavy atom. The molecule has 0 radical (unpaired) electrons. The molecular weight excluding hydrogens is 156 g/mol. The lowest BCUT2D eigenvalue weighted by atomic mass is 10.1. The molecule has 0 amide bonds. The third kappa shape index (κ3) is 1.49. The minimum absolute atomic E-state index is 0.0250. The minimum atomic E-state index is -0.276. The number of rotatable bonds is 3. The average molecular weight is 170 g/mol. The van der Waals surface area contributed by atoms with Gasteiger partial charge in [0.05, 0.1) is 6.61 Å². The molecule has 0 heterocycles. The molecule has 0 aromatic carbocycles. The first-order valence-electron chi connectivity index (χ1n) is 4.08. The SMILES string of the molecule is CC(=O)OC[C@H]1[C@@H](C=O)C1(C)C. The maximum absolute atomic E-state index is 10.5. The molecule has 2 atom stereocenters. The van der Waals surface area contributed by atoms with Crippen molar-refractivity contribution < 1.29 is 14.3 Å². The zero-order valence-electron chi connectivity index (χ0n) is 7.66. The van der Waals surface area contributed by atoms with Crippen LogP contribution >= 0.6 is 0 Å². The van der Waals surface area contributed by atoms with Crippen LogP contribution in [0.2, 0.25) is 0 Å². The maximum atomic E-state index is 10.5. The third-order valence-electron chi connectivity index (χ3n) is 2.75. The molecule has 1 aliphatic rings. The van der Waals surface area contributed by atoms with E-state index in [1.807, 2.05) is 13.8 Å². The van der Waals surface area contributed by atoms with Crippen molar-refractivity contribution in [1.82, 2.24) is 0 Å². The molecule has 0 aromatic rings. The third-order valence-corrected chi connectivity index (χ3v) is 2.75. The zero-order chi connectivity index (χ0) is 9.35. The lowest BCUT2D eigenvalue weighted by Gasteiger charge is -2.01. The lowest BCUT2D eigenvalue weighted by molar-refractivity contribution is -0.141. The Labute approximate surface area is 72.1 Å². The van der Waals surface area contributed by atoms with Gasteiger partial charge in [-0.25, -0.2) is 0 Å². The van der Waals surface area contributed by atoms with Gasteiger partial charge in [-0.1, -0.05) is 13.8 Å². The summed E-state index contributed by atoms with van der Waals surface area (Å²) >= 11 is 0. The van der Waals surface area contributed by atoms with Gasteiger partial charge in [0.2, 0.25) is 0 Å². The molecule has 1 aliphatic carbocycles. The van der Waals surface area contributed by atoms with Crippen LogP contribution < -0.4 is 0 Å². The highest BCUT2D eigenvalue weighted by atomic mass is 16.5. The smallest absolute Gasteiger partial charge is 0.302 e. The summed E-state index contributed by atoms with van der Waals surface area (Å²) in [5.74, 6) is 0.0121. The van der Waals surface area contributed by atoms with Gasteiger partial charge in [-0.15, -0.1) is 0 Å². The predicted molar refractivity (Wildman–Crippen MR) is 43.5 cm³/mol. The van der Waals surface area contributed by atoms with Crippen molar-refractivity contribution in [2.45, 2.75) is 20.8 Å². The molecule has 0 aromatic heterocycles. The first-order valence-corrected chi connectivity index (χ1v) is 4.08. The fourth-order valence-electron chi connectivity index (χ4n) is 1.58. The number of carbonyl (C=O) groups excluding carboxylic acids is 2. The largest absolute Gasteiger partial charge is 0.466 e. The van der Waals surface area contributed by atoms with Crippen LogP contribution in [0.5, 0.6) is 0 Å². The van der Waals surface area contributed by atoms with Crippen molar-refractivity contribution in [3.63, 3.8) is 0 Å². The molecule has 0 bridgehead atoms. The van der Waals surface area contributed by atoms with Gasteiger partial charge in [0.25, 0.3) is 0 Å². The van der Waals surface area contributed by atoms with Gasteiger partial charge >= 0.3 is 5.97 Å². The Hall–Kier alpha value is -0.860. The Morgan fingerprint density at radius 3 is 2.50 bits per heavy atom. The monoisotopic (exact) mass is 170 g/mol. The summed E-state index contributed by atoms with van der Waals surface area (Å²) in [5, 5.41) is 0. The second kappa shape index (κ2) is 2.88. The summed E-state index contributed by atoms with van der Waals surface area (Å²) in [7, 11) is 0. The molecule has 3 nitrogen and oxygen atoms in total. The molecular formula is C9H14O3. The maximum Gasteiger partial charge on any atom is 0.302 e. The summed E-state index contributed by atoms with van der Waals surface area (Å²) in [5.41, 5.74) is 0.0250. The van der Waals surface area contributed by atoms with E-state index in [-0.39, 0.29) is 23.2 Å². The molecule has 0 spiro atoms. The van der Waals surface area contributed by atoms with Gasteiger partial charge in [-0.3, -0.25) is 4.79 Å². The molecule has 12 heavy (non-hydrogen) atoms. The van der Waals surface area contributed by atoms with Crippen molar-refractivity contribution in [3.8, 4) is 0 Å². The van der Waals surface area contributed by atoms with Crippen molar-refractivity contribution in [1.29, 1.82) is 0 Å². The van der Waals surface area contributed by atoms with E-state index in [1.54, 1.807) is 0 Å². The Kier molecular flexibility index (Phi) is 2.22. The molecule has 0 N–H and O–H groups in total. The fraction of sp³-hybridized carbons (Fsp3) is 0.778. The topological polar surface area (TPSA) is 43.4 Å². The molecule has 1 fully saturated rings. The highest BCUT2D eigenvalue weighted by Crippen LogP contribution is 2.56. The van der Waals surface area contributed by atoms with Crippen LogP contribution in [0.15, 0.2) is 0 Å². The molecule has 0 aliphatic heterocycles. The predicted octanol–water partition coefficient (Wildman–Crippen LogP) is 1.02. The highest BCUT2D eigenvalue weighted by Gasteiger charge is 2.58.